The highest BCUT2D eigenvalue weighted by Crippen LogP contribution is 2.26. The van der Waals surface area contributed by atoms with E-state index in [-0.39, 0.29) is 0 Å². The van der Waals surface area contributed by atoms with Crippen molar-refractivity contribution in [1.82, 2.24) is 4.98 Å². The number of benzene rings is 1. The summed E-state index contributed by atoms with van der Waals surface area (Å²) in [5.41, 5.74) is 0.453. The third-order valence-electron chi connectivity index (χ3n) is 1.66. The average Bonchev–Trinajstić information content (AvgIpc) is 2.58. The van der Waals surface area contributed by atoms with Crippen LogP contribution in [0.25, 0.3) is 0 Å². The van der Waals surface area contributed by atoms with E-state index in [1.54, 1.807) is 0 Å². The number of nitrogens with zero attached hydrogens (tertiary/aromatic N) is 1. The third kappa shape index (κ3) is 2.43. The van der Waals surface area contributed by atoms with Gasteiger partial charge in [-0.1, -0.05) is 22.9 Å². The minimum absolute atomic E-state index is 0.389. The Kier molecular flexibility index (Phi) is 2.83. The van der Waals surface area contributed by atoms with Crippen LogP contribution in [-0.2, 0) is 0 Å². The van der Waals surface area contributed by atoms with E-state index in [9.17, 15) is 8.78 Å². The SMILES string of the molecule is Fc1ccc(Nc2cnc(Cl)s2)cc1F. The van der Waals surface area contributed by atoms with Crippen LogP contribution in [0.4, 0.5) is 19.5 Å². The van der Waals surface area contributed by atoms with Crippen LogP contribution < -0.4 is 5.32 Å². The highest BCUT2D eigenvalue weighted by atomic mass is 35.5. The van der Waals surface area contributed by atoms with Gasteiger partial charge in [0.2, 0.25) is 0 Å². The molecule has 6 heteroatoms. The normalized spacial score (nSPS) is 10.3. The Balaban J connectivity index is 2.21. The molecule has 2 nitrogen and oxygen atoms in total. The molecule has 0 saturated carbocycles. The lowest BCUT2D eigenvalue weighted by Crippen LogP contribution is -1.90. The number of halogens is 3. The first-order valence-electron chi connectivity index (χ1n) is 3.98. The molecule has 1 aromatic carbocycles. The van der Waals surface area contributed by atoms with Gasteiger partial charge >= 0.3 is 0 Å². The molecule has 0 spiro atoms. The number of rotatable bonds is 2. The molecule has 0 unspecified atom stereocenters. The van der Waals surface area contributed by atoms with Crippen LogP contribution in [0.15, 0.2) is 24.4 Å². The van der Waals surface area contributed by atoms with Gasteiger partial charge in [0.15, 0.2) is 16.1 Å². The minimum Gasteiger partial charge on any atom is -0.346 e. The van der Waals surface area contributed by atoms with Crippen LogP contribution in [-0.4, -0.2) is 4.98 Å². The summed E-state index contributed by atoms with van der Waals surface area (Å²) in [5.74, 6) is -1.77. The van der Waals surface area contributed by atoms with E-state index in [1.807, 2.05) is 0 Å². The van der Waals surface area contributed by atoms with Crippen molar-refractivity contribution in [1.29, 1.82) is 0 Å². The van der Waals surface area contributed by atoms with Gasteiger partial charge in [-0.2, -0.15) is 0 Å². The molecule has 15 heavy (non-hydrogen) atoms. The number of hydrogen-bond donors (Lipinski definition) is 1. The first kappa shape index (κ1) is 10.3. The van der Waals surface area contributed by atoms with Crippen LogP contribution >= 0.6 is 22.9 Å². The molecule has 0 saturated heterocycles. The van der Waals surface area contributed by atoms with Crippen molar-refractivity contribution >= 4 is 33.6 Å². The Hall–Kier alpha value is -1.20. The Morgan fingerprint density at radius 2 is 2.07 bits per heavy atom. The van der Waals surface area contributed by atoms with E-state index in [0.29, 0.717) is 15.2 Å². The molecule has 1 aromatic heterocycles. The van der Waals surface area contributed by atoms with Crippen molar-refractivity contribution in [2.75, 3.05) is 5.32 Å². The number of thiazole rings is 1. The molecule has 0 bridgehead atoms. The standard InChI is InChI=1S/C9H5ClF2N2S/c10-9-13-4-8(15-9)14-5-1-2-6(11)7(12)3-5/h1-4,14H. The van der Waals surface area contributed by atoms with Gasteiger partial charge < -0.3 is 5.32 Å². The predicted octanol–water partition coefficient (Wildman–Crippen LogP) is 3.82. The van der Waals surface area contributed by atoms with Gasteiger partial charge in [0, 0.05) is 11.8 Å². The Bertz CT molecular complexity index is 487. The van der Waals surface area contributed by atoms with Crippen molar-refractivity contribution in [2.45, 2.75) is 0 Å². The highest BCUT2D eigenvalue weighted by Gasteiger charge is 2.04. The van der Waals surface area contributed by atoms with E-state index in [1.165, 1.54) is 23.6 Å². The van der Waals surface area contributed by atoms with Crippen molar-refractivity contribution in [3.05, 3.63) is 40.5 Å². The van der Waals surface area contributed by atoms with Crippen LogP contribution in [0, 0.1) is 11.6 Å². The second-order valence-corrected chi connectivity index (χ2v) is 4.34. The lowest BCUT2D eigenvalue weighted by molar-refractivity contribution is 0.509. The van der Waals surface area contributed by atoms with Gasteiger partial charge in [-0.3, -0.25) is 0 Å². The molecule has 78 valence electrons. The molecule has 1 N–H and O–H groups in total. The van der Waals surface area contributed by atoms with Gasteiger partial charge in [-0.15, -0.1) is 0 Å². The molecule has 2 rings (SSSR count). The zero-order valence-corrected chi connectivity index (χ0v) is 8.87. The fourth-order valence-electron chi connectivity index (χ4n) is 1.03. The maximum Gasteiger partial charge on any atom is 0.185 e. The summed E-state index contributed by atoms with van der Waals surface area (Å²) in [5, 5.41) is 3.53. The second kappa shape index (κ2) is 4.12. The predicted molar refractivity (Wildman–Crippen MR) is 56.8 cm³/mol. The maximum atomic E-state index is 12.8. The first-order valence-corrected chi connectivity index (χ1v) is 5.18. The molecule has 0 aliphatic carbocycles. The Labute approximate surface area is 93.5 Å². The monoisotopic (exact) mass is 246 g/mol. The molecule has 0 aliphatic rings. The van der Waals surface area contributed by atoms with Crippen LogP contribution in [0.5, 0.6) is 0 Å². The maximum absolute atomic E-state index is 12.8. The summed E-state index contributed by atoms with van der Waals surface area (Å²) in [7, 11) is 0. The molecule has 0 aliphatic heterocycles. The van der Waals surface area contributed by atoms with Crippen LogP contribution in [0.1, 0.15) is 0 Å². The van der Waals surface area contributed by atoms with Crippen molar-refractivity contribution in [3.8, 4) is 0 Å². The molecule has 0 radical (unpaired) electrons. The quantitative estimate of drug-likeness (QED) is 0.871. The molecule has 0 atom stereocenters. The number of hydrogen-bond acceptors (Lipinski definition) is 3. The smallest absolute Gasteiger partial charge is 0.185 e. The fourth-order valence-corrected chi connectivity index (χ4v) is 1.89. The average molecular weight is 247 g/mol. The van der Waals surface area contributed by atoms with Crippen molar-refractivity contribution in [3.63, 3.8) is 0 Å². The summed E-state index contributed by atoms with van der Waals surface area (Å²) in [4.78, 5) is 3.81. The number of anilines is 2. The van der Waals surface area contributed by atoms with Gasteiger partial charge in [0.25, 0.3) is 0 Å². The number of nitrogens with one attached hydrogen (secondary N) is 1. The van der Waals surface area contributed by atoms with Gasteiger partial charge in [0.05, 0.1) is 6.20 Å². The Morgan fingerprint density at radius 1 is 1.27 bits per heavy atom. The zero-order chi connectivity index (χ0) is 10.8. The van der Waals surface area contributed by atoms with Crippen LogP contribution in [0.2, 0.25) is 4.47 Å². The van der Waals surface area contributed by atoms with Gasteiger partial charge in [-0.05, 0) is 12.1 Å². The lowest BCUT2D eigenvalue weighted by Gasteiger charge is -2.02. The van der Waals surface area contributed by atoms with Crippen molar-refractivity contribution in [2.24, 2.45) is 0 Å². The zero-order valence-electron chi connectivity index (χ0n) is 7.30. The Morgan fingerprint density at radius 3 is 2.67 bits per heavy atom. The van der Waals surface area contributed by atoms with E-state index in [2.05, 4.69) is 10.3 Å². The van der Waals surface area contributed by atoms with E-state index < -0.39 is 11.6 Å². The molecule has 1 heterocycles. The van der Waals surface area contributed by atoms with Gasteiger partial charge in [0.1, 0.15) is 5.00 Å². The van der Waals surface area contributed by atoms with Gasteiger partial charge in [-0.25, -0.2) is 13.8 Å². The highest BCUT2D eigenvalue weighted by molar-refractivity contribution is 7.19. The summed E-state index contributed by atoms with van der Waals surface area (Å²) >= 11 is 6.84. The summed E-state index contributed by atoms with van der Waals surface area (Å²) in [6, 6.07) is 3.56. The summed E-state index contributed by atoms with van der Waals surface area (Å²) < 4.78 is 25.8. The molecule has 0 fully saturated rings. The van der Waals surface area contributed by atoms with E-state index >= 15 is 0 Å². The number of aromatic nitrogens is 1. The topological polar surface area (TPSA) is 24.9 Å². The fraction of sp³-hybridized carbons (Fsp3) is 0. The molecule has 0 amide bonds. The second-order valence-electron chi connectivity index (χ2n) is 2.73. The molecule has 2 aromatic rings. The van der Waals surface area contributed by atoms with Crippen LogP contribution in [0.3, 0.4) is 0 Å². The minimum atomic E-state index is -0.893. The first-order chi connectivity index (χ1) is 7.15. The van der Waals surface area contributed by atoms with E-state index in [4.69, 9.17) is 11.6 Å². The largest absolute Gasteiger partial charge is 0.346 e. The molecular weight excluding hydrogens is 242 g/mol. The van der Waals surface area contributed by atoms with E-state index in [0.717, 1.165) is 12.1 Å². The molecular formula is C9H5ClF2N2S. The summed E-state index contributed by atoms with van der Waals surface area (Å²) in [6.45, 7) is 0. The lowest BCUT2D eigenvalue weighted by atomic mass is 10.3. The summed E-state index contributed by atoms with van der Waals surface area (Å²) in [6.07, 6.45) is 1.52. The van der Waals surface area contributed by atoms with Crippen molar-refractivity contribution < 1.29 is 8.78 Å². The third-order valence-corrected chi connectivity index (χ3v) is 2.69.